The lowest BCUT2D eigenvalue weighted by Crippen LogP contribution is -2.19. The van der Waals surface area contributed by atoms with Crippen LogP contribution in [0.25, 0.3) is 0 Å². The van der Waals surface area contributed by atoms with Crippen LogP contribution in [0.15, 0.2) is 12.2 Å². The SMILES string of the molecule is C/C=C\C1CC2C(C3CCC3)S12C. The largest absolute Gasteiger partial charge is 0.230 e. The summed E-state index contributed by atoms with van der Waals surface area (Å²) in [6.07, 6.45) is 13.6. The average molecular weight is 196 g/mol. The number of fused-ring (bicyclic) bond motifs is 1. The molecular weight excluding hydrogens is 176 g/mol. The van der Waals surface area contributed by atoms with Crippen LogP contribution < -0.4 is 0 Å². The summed E-state index contributed by atoms with van der Waals surface area (Å²) < 4.78 is 0. The van der Waals surface area contributed by atoms with E-state index in [1.54, 1.807) is 12.8 Å². The van der Waals surface area contributed by atoms with Gasteiger partial charge in [0.1, 0.15) is 0 Å². The van der Waals surface area contributed by atoms with E-state index < -0.39 is 0 Å². The lowest BCUT2D eigenvalue weighted by molar-refractivity contribution is 0.319. The van der Waals surface area contributed by atoms with Gasteiger partial charge in [-0.1, -0.05) is 18.6 Å². The van der Waals surface area contributed by atoms with E-state index in [2.05, 4.69) is 25.3 Å². The van der Waals surface area contributed by atoms with Gasteiger partial charge < -0.3 is 0 Å². The maximum Gasteiger partial charge on any atom is 0.00822 e. The Balaban J connectivity index is 1.70. The van der Waals surface area contributed by atoms with Gasteiger partial charge in [-0.25, -0.2) is 10.0 Å². The van der Waals surface area contributed by atoms with E-state index in [0.717, 1.165) is 5.25 Å². The lowest BCUT2D eigenvalue weighted by Gasteiger charge is -2.37. The Morgan fingerprint density at radius 2 is 2.08 bits per heavy atom. The minimum atomic E-state index is -0.105. The van der Waals surface area contributed by atoms with Gasteiger partial charge in [0.15, 0.2) is 0 Å². The molecule has 2 saturated heterocycles. The maximum atomic E-state index is 2.62. The van der Waals surface area contributed by atoms with Crippen molar-refractivity contribution in [1.82, 2.24) is 0 Å². The minimum Gasteiger partial charge on any atom is -0.230 e. The zero-order valence-corrected chi connectivity index (χ0v) is 9.52. The van der Waals surface area contributed by atoms with Crippen LogP contribution in [0.3, 0.4) is 0 Å². The Morgan fingerprint density at radius 1 is 1.31 bits per heavy atom. The van der Waals surface area contributed by atoms with E-state index in [0.29, 0.717) is 0 Å². The van der Waals surface area contributed by atoms with Crippen molar-refractivity contribution in [3.8, 4) is 0 Å². The number of rotatable bonds is 2. The Morgan fingerprint density at radius 3 is 2.62 bits per heavy atom. The van der Waals surface area contributed by atoms with Crippen molar-refractivity contribution in [1.29, 1.82) is 0 Å². The Labute approximate surface area is 83.1 Å². The topological polar surface area (TPSA) is 0 Å². The molecule has 1 heteroatoms. The first kappa shape index (κ1) is 8.40. The van der Waals surface area contributed by atoms with Crippen molar-refractivity contribution in [3.63, 3.8) is 0 Å². The Kier molecular flexibility index (Phi) is 1.66. The molecule has 0 bridgehead atoms. The highest BCUT2D eigenvalue weighted by molar-refractivity contribution is 8.42. The third-order valence-electron chi connectivity index (χ3n) is 4.67. The highest BCUT2D eigenvalue weighted by Gasteiger charge is 2.70. The van der Waals surface area contributed by atoms with Crippen LogP contribution in [0.1, 0.15) is 32.6 Å². The molecular formula is C12H20S. The molecule has 0 aromatic carbocycles. The van der Waals surface area contributed by atoms with Gasteiger partial charge in [0, 0.05) is 15.7 Å². The van der Waals surface area contributed by atoms with Crippen LogP contribution in [0, 0.1) is 5.92 Å². The zero-order valence-electron chi connectivity index (χ0n) is 8.70. The lowest BCUT2D eigenvalue weighted by atomic mass is 9.82. The van der Waals surface area contributed by atoms with Gasteiger partial charge in [0.2, 0.25) is 0 Å². The van der Waals surface area contributed by atoms with Gasteiger partial charge in [-0.2, -0.15) is 0 Å². The molecule has 1 saturated carbocycles. The fourth-order valence-corrected chi connectivity index (χ4v) is 8.79. The van der Waals surface area contributed by atoms with E-state index in [9.17, 15) is 0 Å². The molecule has 2 aliphatic heterocycles. The molecule has 74 valence electrons. The fourth-order valence-electron chi connectivity index (χ4n) is 3.55. The molecule has 1 aliphatic carbocycles. The van der Waals surface area contributed by atoms with Crippen LogP contribution >= 0.6 is 10.0 Å². The molecule has 0 aromatic rings. The summed E-state index contributed by atoms with van der Waals surface area (Å²) in [6, 6.07) is 0. The fraction of sp³-hybridized carbons (Fsp3) is 0.833. The molecule has 0 nitrogen and oxygen atoms in total. The second kappa shape index (κ2) is 2.56. The maximum absolute atomic E-state index is 2.62. The molecule has 13 heavy (non-hydrogen) atoms. The summed E-state index contributed by atoms with van der Waals surface area (Å²) in [4.78, 5) is 0. The second-order valence-corrected chi connectivity index (χ2v) is 9.10. The number of hydrogen-bond donors (Lipinski definition) is 0. The zero-order chi connectivity index (χ0) is 9.05. The van der Waals surface area contributed by atoms with Gasteiger partial charge in [-0.05, 0) is 38.4 Å². The molecule has 4 atom stereocenters. The van der Waals surface area contributed by atoms with Crippen molar-refractivity contribution in [2.45, 2.75) is 48.4 Å². The highest BCUT2D eigenvalue weighted by Crippen LogP contribution is 2.87. The summed E-state index contributed by atoms with van der Waals surface area (Å²) >= 11 is 0. The van der Waals surface area contributed by atoms with Gasteiger partial charge in [-0.3, -0.25) is 0 Å². The molecule has 4 unspecified atom stereocenters. The van der Waals surface area contributed by atoms with Gasteiger partial charge in [-0.15, -0.1) is 0 Å². The standard InChI is InChI=1S/C12H20S/c1-3-5-10-8-11-12(13(10,11)2)9-6-4-7-9/h3,5,9-12H,4,6-8H2,1-2H3/b5-3-. The third-order valence-corrected chi connectivity index (χ3v) is 9.68. The van der Waals surface area contributed by atoms with Crippen molar-refractivity contribution < 1.29 is 0 Å². The molecule has 3 aliphatic rings. The van der Waals surface area contributed by atoms with Crippen molar-refractivity contribution >= 4 is 10.0 Å². The van der Waals surface area contributed by atoms with Crippen LogP contribution in [-0.4, -0.2) is 22.0 Å². The van der Waals surface area contributed by atoms with Crippen LogP contribution in [0.4, 0.5) is 0 Å². The molecule has 3 rings (SSSR count). The van der Waals surface area contributed by atoms with E-state index in [4.69, 9.17) is 0 Å². The van der Waals surface area contributed by atoms with Crippen molar-refractivity contribution in [2.75, 3.05) is 6.26 Å². The molecule has 2 heterocycles. The number of hydrogen-bond acceptors (Lipinski definition) is 0. The summed E-state index contributed by atoms with van der Waals surface area (Å²) in [5.74, 6) is 1.17. The van der Waals surface area contributed by atoms with Crippen LogP contribution in [0.5, 0.6) is 0 Å². The quantitative estimate of drug-likeness (QED) is 0.469. The van der Waals surface area contributed by atoms with Gasteiger partial charge >= 0.3 is 0 Å². The van der Waals surface area contributed by atoms with Gasteiger partial charge in [0.25, 0.3) is 0 Å². The summed E-state index contributed by atoms with van der Waals surface area (Å²) in [7, 11) is -0.105. The van der Waals surface area contributed by atoms with E-state index >= 15 is 0 Å². The summed E-state index contributed by atoms with van der Waals surface area (Å²) in [5, 5.41) is 3.44. The Hall–Kier alpha value is 0.0900. The third kappa shape index (κ3) is 0.895. The minimum absolute atomic E-state index is 0.105. The van der Waals surface area contributed by atoms with Crippen LogP contribution in [0.2, 0.25) is 0 Å². The average Bonchev–Trinajstić information content (AvgIpc) is 2.47. The first-order valence-electron chi connectivity index (χ1n) is 5.66. The predicted octanol–water partition coefficient (Wildman–Crippen LogP) is 3.32. The summed E-state index contributed by atoms with van der Waals surface area (Å²) in [5.41, 5.74) is 0. The first-order valence-corrected chi connectivity index (χ1v) is 7.89. The number of allylic oxidation sites excluding steroid dienone is 1. The molecule has 0 amide bonds. The monoisotopic (exact) mass is 196 g/mol. The molecule has 0 N–H and O–H groups in total. The van der Waals surface area contributed by atoms with E-state index in [1.165, 1.54) is 29.3 Å². The second-order valence-electron chi connectivity index (χ2n) is 5.11. The van der Waals surface area contributed by atoms with Crippen LogP contribution in [-0.2, 0) is 0 Å². The summed E-state index contributed by atoms with van der Waals surface area (Å²) in [6.45, 7) is 2.18. The van der Waals surface area contributed by atoms with Gasteiger partial charge in [0.05, 0.1) is 0 Å². The predicted molar refractivity (Wildman–Crippen MR) is 61.7 cm³/mol. The van der Waals surface area contributed by atoms with Crippen molar-refractivity contribution in [2.24, 2.45) is 5.92 Å². The van der Waals surface area contributed by atoms with E-state index in [1.807, 2.05) is 0 Å². The highest BCUT2D eigenvalue weighted by atomic mass is 32.3. The Bertz CT molecular complexity index is 254. The molecule has 0 aromatic heterocycles. The first-order chi connectivity index (χ1) is 6.28. The molecule has 0 radical (unpaired) electrons. The molecule has 3 fully saturated rings. The molecule has 0 spiro atoms. The smallest absolute Gasteiger partial charge is 0.00822 e. The van der Waals surface area contributed by atoms with E-state index in [-0.39, 0.29) is 10.0 Å². The van der Waals surface area contributed by atoms with Crippen molar-refractivity contribution in [3.05, 3.63) is 12.2 Å². The normalized spacial score (nSPS) is 59.1.